The summed E-state index contributed by atoms with van der Waals surface area (Å²) < 4.78 is 10.8. The van der Waals surface area contributed by atoms with Gasteiger partial charge in [0.2, 0.25) is 0 Å². The van der Waals surface area contributed by atoms with Crippen LogP contribution in [-0.2, 0) is 0 Å². The van der Waals surface area contributed by atoms with Gasteiger partial charge in [0.25, 0.3) is 0 Å². The van der Waals surface area contributed by atoms with E-state index in [-0.39, 0.29) is 5.75 Å². The molecule has 0 spiro atoms. The lowest BCUT2D eigenvalue weighted by Gasteiger charge is -2.04. The maximum atomic E-state index is 9.80. The van der Waals surface area contributed by atoms with E-state index in [1.54, 1.807) is 18.3 Å². The van der Waals surface area contributed by atoms with Gasteiger partial charge in [0, 0.05) is 11.8 Å². The molecular weight excluding hydrogens is 254 g/mol. The lowest BCUT2D eigenvalue weighted by molar-refractivity contribution is 0.373. The monoisotopic (exact) mass is 267 g/mol. The van der Waals surface area contributed by atoms with Crippen LogP contribution in [0, 0.1) is 0 Å². The molecule has 0 saturated carbocycles. The van der Waals surface area contributed by atoms with Crippen LogP contribution in [-0.4, -0.2) is 17.2 Å². The van der Waals surface area contributed by atoms with E-state index >= 15 is 0 Å². The second-order valence-corrected chi connectivity index (χ2v) is 4.27. The molecule has 4 nitrogen and oxygen atoms in total. The average molecular weight is 267 g/mol. The molecule has 2 heterocycles. The van der Waals surface area contributed by atoms with Crippen LogP contribution >= 0.6 is 0 Å². The number of hydrogen-bond acceptors (Lipinski definition) is 4. The predicted octanol–water partition coefficient (Wildman–Crippen LogP) is 3.72. The van der Waals surface area contributed by atoms with Crippen LogP contribution in [0.5, 0.6) is 11.5 Å². The van der Waals surface area contributed by atoms with Crippen molar-refractivity contribution in [1.82, 2.24) is 4.98 Å². The van der Waals surface area contributed by atoms with Crippen LogP contribution in [0.25, 0.3) is 22.8 Å². The maximum Gasteiger partial charge on any atom is 0.160 e. The number of hydrogen-bond donors (Lipinski definition) is 1. The molecule has 1 N–H and O–H groups in total. The first kappa shape index (κ1) is 12.3. The van der Waals surface area contributed by atoms with Gasteiger partial charge in [0.15, 0.2) is 17.3 Å². The quantitative estimate of drug-likeness (QED) is 0.785. The zero-order valence-electron chi connectivity index (χ0n) is 10.9. The Kier molecular flexibility index (Phi) is 3.13. The van der Waals surface area contributed by atoms with E-state index in [2.05, 4.69) is 4.98 Å². The number of ether oxygens (including phenoxy) is 1. The van der Waals surface area contributed by atoms with E-state index < -0.39 is 0 Å². The molecule has 0 fully saturated rings. The molecule has 100 valence electrons. The molecule has 0 bridgehead atoms. The standard InChI is InChI=1S/C16H13NO3/c1-19-16-6-5-11(10-13(16)18)14-7-8-15(20-14)12-4-2-3-9-17-12/h2-10,18H,1H3. The van der Waals surface area contributed by atoms with Gasteiger partial charge < -0.3 is 14.3 Å². The number of phenols is 1. The minimum absolute atomic E-state index is 0.0841. The van der Waals surface area contributed by atoms with Crippen molar-refractivity contribution in [2.75, 3.05) is 7.11 Å². The van der Waals surface area contributed by atoms with Gasteiger partial charge in [-0.2, -0.15) is 0 Å². The molecule has 0 saturated heterocycles. The Labute approximate surface area is 116 Å². The van der Waals surface area contributed by atoms with E-state index in [1.165, 1.54) is 7.11 Å². The summed E-state index contributed by atoms with van der Waals surface area (Å²) in [7, 11) is 1.51. The normalized spacial score (nSPS) is 10.4. The van der Waals surface area contributed by atoms with Gasteiger partial charge >= 0.3 is 0 Å². The van der Waals surface area contributed by atoms with Crippen LogP contribution in [0.15, 0.2) is 59.1 Å². The van der Waals surface area contributed by atoms with Crippen LogP contribution in [0.2, 0.25) is 0 Å². The molecule has 3 rings (SSSR count). The first-order valence-electron chi connectivity index (χ1n) is 6.16. The second kappa shape index (κ2) is 5.09. The summed E-state index contributed by atoms with van der Waals surface area (Å²) in [5.41, 5.74) is 1.56. The summed E-state index contributed by atoms with van der Waals surface area (Å²) >= 11 is 0. The largest absolute Gasteiger partial charge is 0.504 e. The lowest BCUT2D eigenvalue weighted by Crippen LogP contribution is -1.83. The van der Waals surface area contributed by atoms with Crippen LogP contribution in [0.3, 0.4) is 0 Å². The Morgan fingerprint density at radius 2 is 1.90 bits per heavy atom. The third-order valence-corrected chi connectivity index (χ3v) is 2.99. The summed E-state index contributed by atoms with van der Waals surface area (Å²) in [6, 6.07) is 14.5. The van der Waals surface area contributed by atoms with E-state index in [4.69, 9.17) is 9.15 Å². The summed E-state index contributed by atoms with van der Waals surface area (Å²) in [6.45, 7) is 0. The van der Waals surface area contributed by atoms with Crippen molar-refractivity contribution in [3.8, 4) is 34.3 Å². The highest BCUT2D eigenvalue weighted by atomic mass is 16.5. The minimum atomic E-state index is 0.0841. The summed E-state index contributed by atoms with van der Waals surface area (Å²) in [6.07, 6.45) is 1.72. The number of rotatable bonds is 3. The zero-order chi connectivity index (χ0) is 13.9. The van der Waals surface area contributed by atoms with Gasteiger partial charge in [-0.15, -0.1) is 0 Å². The molecule has 20 heavy (non-hydrogen) atoms. The van der Waals surface area contributed by atoms with Gasteiger partial charge in [-0.25, -0.2) is 0 Å². The fraction of sp³-hybridized carbons (Fsp3) is 0.0625. The smallest absolute Gasteiger partial charge is 0.160 e. The van der Waals surface area contributed by atoms with E-state index in [0.717, 1.165) is 11.3 Å². The summed E-state index contributed by atoms with van der Waals surface area (Å²) in [5, 5.41) is 9.80. The summed E-state index contributed by atoms with van der Waals surface area (Å²) in [5.74, 6) is 1.88. The Morgan fingerprint density at radius 3 is 2.60 bits per heavy atom. The zero-order valence-corrected chi connectivity index (χ0v) is 10.9. The van der Waals surface area contributed by atoms with Crippen molar-refractivity contribution >= 4 is 0 Å². The van der Waals surface area contributed by atoms with Gasteiger partial charge in [0.05, 0.1) is 7.11 Å². The number of phenolic OH excluding ortho intramolecular Hbond substituents is 1. The Hall–Kier alpha value is -2.75. The number of benzene rings is 1. The number of furan rings is 1. The van der Waals surface area contributed by atoms with Gasteiger partial charge in [0.1, 0.15) is 11.5 Å². The van der Waals surface area contributed by atoms with Crippen LogP contribution < -0.4 is 4.74 Å². The minimum Gasteiger partial charge on any atom is -0.504 e. The highest BCUT2D eigenvalue weighted by molar-refractivity contribution is 5.65. The number of methoxy groups -OCH3 is 1. The topological polar surface area (TPSA) is 55.5 Å². The van der Waals surface area contributed by atoms with Crippen molar-refractivity contribution in [3.05, 3.63) is 54.7 Å². The third kappa shape index (κ3) is 2.23. The van der Waals surface area contributed by atoms with Crippen molar-refractivity contribution in [2.24, 2.45) is 0 Å². The summed E-state index contributed by atoms with van der Waals surface area (Å²) in [4.78, 5) is 4.24. The molecule has 3 aromatic rings. The first-order valence-corrected chi connectivity index (χ1v) is 6.16. The second-order valence-electron chi connectivity index (χ2n) is 4.27. The Balaban J connectivity index is 1.96. The highest BCUT2D eigenvalue weighted by Gasteiger charge is 2.09. The molecule has 0 aliphatic rings. The van der Waals surface area contributed by atoms with Crippen molar-refractivity contribution in [1.29, 1.82) is 0 Å². The first-order chi connectivity index (χ1) is 9.78. The Bertz CT molecular complexity index is 720. The fourth-order valence-electron chi connectivity index (χ4n) is 1.98. The number of aromatic hydroxyl groups is 1. The van der Waals surface area contributed by atoms with Gasteiger partial charge in [-0.1, -0.05) is 6.07 Å². The van der Waals surface area contributed by atoms with Crippen molar-refractivity contribution < 1.29 is 14.3 Å². The molecule has 0 unspecified atom stereocenters. The number of pyridine rings is 1. The maximum absolute atomic E-state index is 9.80. The lowest BCUT2D eigenvalue weighted by atomic mass is 10.1. The molecule has 0 aliphatic heterocycles. The van der Waals surface area contributed by atoms with Gasteiger partial charge in [-0.05, 0) is 42.5 Å². The Morgan fingerprint density at radius 1 is 1.05 bits per heavy atom. The molecule has 0 amide bonds. The molecule has 0 aliphatic carbocycles. The highest BCUT2D eigenvalue weighted by Crippen LogP contribution is 2.33. The third-order valence-electron chi connectivity index (χ3n) is 2.99. The van der Waals surface area contributed by atoms with Crippen LogP contribution in [0.1, 0.15) is 0 Å². The van der Waals surface area contributed by atoms with Crippen molar-refractivity contribution in [3.63, 3.8) is 0 Å². The molecular formula is C16H13NO3. The van der Waals surface area contributed by atoms with E-state index in [0.29, 0.717) is 17.3 Å². The van der Waals surface area contributed by atoms with E-state index in [9.17, 15) is 5.11 Å². The van der Waals surface area contributed by atoms with Gasteiger partial charge in [-0.3, -0.25) is 4.98 Å². The predicted molar refractivity (Wildman–Crippen MR) is 75.6 cm³/mol. The molecule has 2 aromatic heterocycles. The fourth-order valence-corrected chi connectivity index (χ4v) is 1.98. The molecule has 4 heteroatoms. The number of aromatic nitrogens is 1. The number of nitrogens with zero attached hydrogens (tertiary/aromatic N) is 1. The molecule has 0 radical (unpaired) electrons. The van der Waals surface area contributed by atoms with E-state index in [1.807, 2.05) is 36.4 Å². The molecule has 1 aromatic carbocycles. The SMILES string of the molecule is COc1ccc(-c2ccc(-c3ccccn3)o2)cc1O. The van der Waals surface area contributed by atoms with Crippen molar-refractivity contribution in [2.45, 2.75) is 0 Å². The van der Waals surface area contributed by atoms with Crippen LogP contribution in [0.4, 0.5) is 0 Å². The molecule has 0 atom stereocenters. The average Bonchev–Trinajstić information content (AvgIpc) is 2.98.